The van der Waals surface area contributed by atoms with Gasteiger partial charge in [-0.2, -0.15) is 0 Å². The van der Waals surface area contributed by atoms with Gasteiger partial charge in [0.05, 0.1) is 11.1 Å². The van der Waals surface area contributed by atoms with Crippen LogP contribution in [0, 0.1) is 19.7 Å². The summed E-state index contributed by atoms with van der Waals surface area (Å²) in [5.74, 6) is -1.04. The summed E-state index contributed by atoms with van der Waals surface area (Å²) < 4.78 is 13.6. The van der Waals surface area contributed by atoms with E-state index < -0.39 is 12.0 Å². The fraction of sp³-hybridized carbons (Fsp3) is 0.300. The second kappa shape index (κ2) is 7.00. The van der Waals surface area contributed by atoms with Crippen molar-refractivity contribution in [1.82, 2.24) is 9.88 Å². The number of halogens is 1. The minimum absolute atomic E-state index is 0.286. The van der Waals surface area contributed by atoms with E-state index in [2.05, 4.69) is 10.3 Å². The van der Waals surface area contributed by atoms with Crippen LogP contribution in [0.4, 0.5) is 10.1 Å². The number of aromatic nitrogens is 1. The number of benzene rings is 1. The van der Waals surface area contributed by atoms with Gasteiger partial charge >= 0.3 is 0 Å². The molecule has 0 aliphatic carbocycles. The number of carbonyl (C=O) groups is 2. The van der Waals surface area contributed by atoms with Crippen LogP contribution in [0.3, 0.4) is 0 Å². The Labute approximate surface area is 156 Å². The van der Waals surface area contributed by atoms with E-state index in [0.717, 1.165) is 0 Å². The van der Waals surface area contributed by atoms with Gasteiger partial charge in [0, 0.05) is 29.2 Å². The SMILES string of the molecule is CCN(C(=O)c1c(C)[nH]c(/C=C2\C(=O)Nc3ccc(F)cc32)c1C)C(C)O. The van der Waals surface area contributed by atoms with Crippen LogP contribution in [0.25, 0.3) is 11.6 Å². The predicted octanol–water partition coefficient (Wildman–Crippen LogP) is 3.06. The molecule has 7 heteroatoms. The highest BCUT2D eigenvalue weighted by Crippen LogP contribution is 2.34. The van der Waals surface area contributed by atoms with Crippen LogP contribution in [-0.4, -0.2) is 39.6 Å². The number of aromatic amines is 1. The molecule has 27 heavy (non-hydrogen) atoms. The minimum atomic E-state index is -0.909. The van der Waals surface area contributed by atoms with Gasteiger partial charge in [-0.3, -0.25) is 9.59 Å². The molecular weight excluding hydrogens is 349 g/mol. The van der Waals surface area contributed by atoms with E-state index in [1.807, 2.05) is 0 Å². The fourth-order valence-corrected chi connectivity index (χ4v) is 3.41. The normalized spacial score (nSPS) is 15.6. The lowest BCUT2D eigenvalue weighted by Crippen LogP contribution is -2.38. The fourth-order valence-electron chi connectivity index (χ4n) is 3.41. The van der Waals surface area contributed by atoms with E-state index in [-0.39, 0.29) is 11.8 Å². The molecule has 1 aromatic heterocycles. The molecule has 1 aromatic carbocycles. The third kappa shape index (κ3) is 3.26. The van der Waals surface area contributed by atoms with Crippen molar-refractivity contribution in [1.29, 1.82) is 0 Å². The molecule has 2 heterocycles. The van der Waals surface area contributed by atoms with E-state index in [0.29, 0.717) is 45.9 Å². The maximum absolute atomic E-state index is 13.6. The van der Waals surface area contributed by atoms with Crippen molar-refractivity contribution in [2.24, 2.45) is 0 Å². The highest BCUT2D eigenvalue weighted by Gasteiger charge is 2.27. The highest BCUT2D eigenvalue weighted by molar-refractivity contribution is 6.34. The predicted molar refractivity (Wildman–Crippen MR) is 102 cm³/mol. The van der Waals surface area contributed by atoms with Gasteiger partial charge in [0.15, 0.2) is 0 Å². The number of hydrogen-bond acceptors (Lipinski definition) is 3. The minimum Gasteiger partial charge on any atom is -0.374 e. The van der Waals surface area contributed by atoms with Crippen LogP contribution < -0.4 is 5.32 Å². The maximum Gasteiger partial charge on any atom is 0.257 e. The number of anilines is 1. The van der Waals surface area contributed by atoms with E-state index in [9.17, 15) is 19.1 Å². The number of aliphatic hydroxyl groups excluding tert-OH is 1. The molecule has 0 saturated heterocycles. The summed E-state index contributed by atoms with van der Waals surface area (Å²) in [6, 6.07) is 4.12. The van der Waals surface area contributed by atoms with Crippen molar-refractivity contribution < 1.29 is 19.1 Å². The summed E-state index contributed by atoms with van der Waals surface area (Å²) in [6.07, 6.45) is 0.715. The van der Waals surface area contributed by atoms with Crippen LogP contribution in [0.2, 0.25) is 0 Å². The number of nitrogens with one attached hydrogen (secondary N) is 2. The zero-order valence-corrected chi connectivity index (χ0v) is 15.7. The topological polar surface area (TPSA) is 85.4 Å². The summed E-state index contributed by atoms with van der Waals surface area (Å²) in [5.41, 5.74) is 3.73. The number of fused-ring (bicyclic) bond motifs is 1. The zero-order chi connectivity index (χ0) is 19.9. The van der Waals surface area contributed by atoms with Crippen LogP contribution in [0.15, 0.2) is 18.2 Å². The monoisotopic (exact) mass is 371 g/mol. The maximum atomic E-state index is 13.6. The van der Waals surface area contributed by atoms with E-state index in [1.165, 1.54) is 30.0 Å². The summed E-state index contributed by atoms with van der Waals surface area (Å²) in [4.78, 5) is 29.6. The number of aryl methyl sites for hydroxylation is 1. The van der Waals surface area contributed by atoms with Crippen molar-refractivity contribution in [2.45, 2.75) is 33.9 Å². The largest absolute Gasteiger partial charge is 0.374 e. The van der Waals surface area contributed by atoms with Gasteiger partial charge in [0.2, 0.25) is 0 Å². The van der Waals surface area contributed by atoms with Crippen LogP contribution in [-0.2, 0) is 4.79 Å². The smallest absolute Gasteiger partial charge is 0.257 e. The molecule has 1 aliphatic heterocycles. The zero-order valence-electron chi connectivity index (χ0n) is 15.7. The number of amides is 2. The third-order valence-electron chi connectivity index (χ3n) is 4.80. The van der Waals surface area contributed by atoms with E-state index >= 15 is 0 Å². The third-order valence-corrected chi connectivity index (χ3v) is 4.80. The van der Waals surface area contributed by atoms with Gasteiger partial charge < -0.3 is 20.3 Å². The molecule has 2 aromatic rings. The van der Waals surface area contributed by atoms with Crippen molar-refractivity contribution in [3.8, 4) is 0 Å². The van der Waals surface area contributed by atoms with Crippen LogP contribution in [0.1, 0.15) is 46.7 Å². The molecule has 3 rings (SSSR count). The summed E-state index contributed by atoms with van der Waals surface area (Å²) in [7, 11) is 0. The Hall–Kier alpha value is -2.93. The highest BCUT2D eigenvalue weighted by atomic mass is 19.1. The Morgan fingerprint density at radius 2 is 2.07 bits per heavy atom. The molecule has 0 fully saturated rings. The Morgan fingerprint density at radius 3 is 2.70 bits per heavy atom. The molecule has 0 saturated carbocycles. The van der Waals surface area contributed by atoms with Gasteiger partial charge in [0.1, 0.15) is 12.0 Å². The van der Waals surface area contributed by atoms with Crippen LogP contribution in [0.5, 0.6) is 0 Å². The molecule has 2 amide bonds. The van der Waals surface area contributed by atoms with E-state index in [4.69, 9.17) is 0 Å². The van der Waals surface area contributed by atoms with Crippen molar-refractivity contribution in [3.63, 3.8) is 0 Å². The Bertz CT molecular complexity index is 960. The van der Waals surface area contributed by atoms with Crippen molar-refractivity contribution >= 4 is 29.2 Å². The number of carbonyl (C=O) groups excluding carboxylic acids is 2. The van der Waals surface area contributed by atoms with Gasteiger partial charge in [-0.25, -0.2) is 4.39 Å². The molecule has 1 atom stereocenters. The molecule has 1 aliphatic rings. The lowest BCUT2D eigenvalue weighted by atomic mass is 10.0. The first-order chi connectivity index (χ1) is 12.7. The van der Waals surface area contributed by atoms with E-state index in [1.54, 1.807) is 26.8 Å². The average Bonchev–Trinajstić information content (AvgIpc) is 3.04. The van der Waals surface area contributed by atoms with Crippen LogP contribution >= 0.6 is 0 Å². The molecule has 142 valence electrons. The number of rotatable bonds is 4. The molecule has 0 spiro atoms. The Kier molecular flexibility index (Phi) is 4.89. The van der Waals surface area contributed by atoms with Gasteiger partial charge in [-0.15, -0.1) is 0 Å². The summed E-state index contributed by atoms with van der Waals surface area (Å²) in [6.45, 7) is 7.24. The lowest BCUT2D eigenvalue weighted by Gasteiger charge is -2.24. The summed E-state index contributed by atoms with van der Waals surface area (Å²) in [5, 5.41) is 12.5. The molecule has 0 bridgehead atoms. The van der Waals surface area contributed by atoms with Crippen molar-refractivity contribution in [3.05, 3.63) is 52.1 Å². The molecule has 0 radical (unpaired) electrons. The molecular formula is C20H22FN3O3. The Balaban J connectivity index is 2.06. The molecule has 3 N–H and O–H groups in total. The van der Waals surface area contributed by atoms with Gasteiger partial charge in [0.25, 0.3) is 11.8 Å². The number of H-pyrrole nitrogens is 1. The summed E-state index contributed by atoms with van der Waals surface area (Å²) >= 11 is 0. The van der Waals surface area contributed by atoms with Gasteiger partial charge in [-0.05, 0) is 57.5 Å². The second-order valence-corrected chi connectivity index (χ2v) is 6.59. The first-order valence-electron chi connectivity index (χ1n) is 8.75. The standard InChI is InChI=1S/C20H22FN3O3/c1-5-24(12(4)25)20(27)18-10(2)17(22-11(18)3)9-15-14-8-13(21)6-7-16(14)23-19(15)26/h6-9,12,22,25H,5H2,1-4H3,(H,23,26)/b15-9-. The second-order valence-electron chi connectivity index (χ2n) is 6.59. The number of aliphatic hydroxyl groups is 1. The quantitative estimate of drug-likeness (QED) is 0.570. The number of hydrogen-bond donors (Lipinski definition) is 3. The molecule has 6 nitrogen and oxygen atoms in total. The molecule has 1 unspecified atom stereocenters. The van der Waals surface area contributed by atoms with Gasteiger partial charge in [-0.1, -0.05) is 0 Å². The van der Waals surface area contributed by atoms with Crippen molar-refractivity contribution in [2.75, 3.05) is 11.9 Å². The average molecular weight is 371 g/mol. The first kappa shape index (κ1) is 18.8. The number of nitrogens with zero attached hydrogens (tertiary/aromatic N) is 1. The first-order valence-corrected chi connectivity index (χ1v) is 8.75. The Morgan fingerprint density at radius 1 is 1.37 bits per heavy atom. The lowest BCUT2D eigenvalue weighted by molar-refractivity contribution is -0.110.